The molecule has 0 saturated heterocycles. The monoisotopic (exact) mass is 492 g/mol. The molecule has 0 unspecified atom stereocenters. The number of ether oxygens (including phenoxy) is 2. The molecule has 0 radical (unpaired) electrons. The van der Waals surface area contributed by atoms with Gasteiger partial charge in [-0.15, -0.1) is 0 Å². The number of nitrogen functional groups attached to an aromatic ring is 2. The maximum Gasteiger partial charge on any atom is 0.150 e. The smallest absolute Gasteiger partial charge is 0.150 e. The van der Waals surface area contributed by atoms with Crippen LogP contribution < -0.4 is 20.9 Å². The Morgan fingerprint density at radius 1 is 0.649 bits per heavy atom. The molecular weight excluding hydrogens is 456 g/mol. The molecule has 1 saturated carbocycles. The van der Waals surface area contributed by atoms with Crippen LogP contribution in [0.1, 0.15) is 56.6 Å². The molecule has 0 aliphatic heterocycles. The van der Waals surface area contributed by atoms with Gasteiger partial charge in [0.2, 0.25) is 0 Å². The third-order valence-electron chi connectivity index (χ3n) is 7.76. The van der Waals surface area contributed by atoms with E-state index in [0.29, 0.717) is 22.9 Å². The quantitative estimate of drug-likeness (QED) is 0.241. The van der Waals surface area contributed by atoms with Gasteiger partial charge in [0.25, 0.3) is 0 Å². The summed E-state index contributed by atoms with van der Waals surface area (Å²) in [5, 5.41) is 0. The Labute approximate surface area is 220 Å². The lowest BCUT2D eigenvalue weighted by atomic mass is 9.62. The first-order valence-electron chi connectivity index (χ1n) is 13.3. The van der Waals surface area contributed by atoms with Crippen molar-refractivity contribution in [3.8, 4) is 23.0 Å². The summed E-state index contributed by atoms with van der Waals surface area (Å²) < 4.78 is 12.1. The van der Waals surface area contributed by atoms with Gasteiger partial charge in [-0.25, -0.2) is 0 Å². The highest BCUT2D eigenvalue weighted by Gasteiger charge is 2.38. The van der Waals surface area contributed by atoms with Crippen molar-refractivity contribution in [1.29, 1.82) is 0 Å². The van der Waals surface area contributed by atoms with Gasteiger partial charge in [-0.2, -0.15) is 0 Å². The summed E-state index contributed by atoms with van der Waals surface area (Å²) in [5.74, 6) is 3.76. The average molecular weight is 493 g/mol. The van der Waals surface area contributed by atoms with Crippen molar-refractivity contribution in [1.82, 2.24) is 0 Å². The topological polar surface area (TPSA) is 70.5 Å². The van der Waals surface area contributed by atoms with Crippen LogP contribution >= 0.6 is 0 Å². The molecule has 0 aromatic heterocycles. The van der Waals surface area contributed by atoms with E-state index in [9.17, 15) is 0 Å². The van der Waals surface area contributed by atoms with Crippen molar-refractivity contribution in [2.24, 2.45) is 5.92 Å². The zero-order valence-corrected chi connectivity index (χ0v) is 21.5. The van der Waals surface area contributed by atoms with Gasteiger partial charge in [0.05, 0.1) is 11.4 Å². The Kier molecular flexibility index (Phi) is 7.36. The highest BCUT2D eigenvalue weighted by atomic mass is 16.5. The minimum absolute atomic E-state index is 0.0289. The Morgan fingerprint density at radius 2 is 1.08 bits per heavy atom. The number of hydrogen-bond acceptors (Lipinski definition) is 4. The van der Waals surface area contributed by atoms with Crippen LogP contribution in [0.3, 0.4) is 0 Å². The second-order valence-electron chi connectivity index (χ2n) is 10.1. The molecule has 1 aliphatic carbocycles. The summed E-state index contributed by atoms with van der Waals surface area (Å²) in [6, 6.07) is 32.4. The molecule has 190 valence electrons. The summed E-state index contributed by atoms with van der Waals surface area (Å²) in [6.45, 7) is 2.29. The predicted molar refractivity (Wildman–Crippen MR) is 152 cm³/mol. The zero-order valence-electron chi connectivity index (χ0n) is 21.5. The number of anilines is 2. The molecule has 0 amide bonds. The molecule has 0 bridgehead atoms. The molecule has 1 fully saturated rings. The van der Waals surface area contributed by atoms with Crippen molar-refractivity contribution in [2.45, 2.75) is 50.9 Å². The van der Waals surface area contributed by atoms with Crippen LogP contribution in [0.5, 0.6) is 23.0 Å². The second-order valence-corrected chi connectivity index (χ2v) is 10.1. The standard InChI is InChI=1S/C33H36N2O2/c1-2-7-24-20-22-33(23-21-24,25-12-16-27(17-13-25)36-31-10-5-3-8-29(31)34)26-14-18-28(19-15-26)37-32-11-6-4-9-30(32)35/h3-6,8-19,24H,2,7,20-23,34-35H2,1H3. The van der Waals surface area contributed by atoms with E-state index in [-0.39, 0.29) is 5.41 Å². The van der Waals surface area contributed by atoms with E-state index in [2.05, 4.69) is 55.5 Å². The molecule has 4 heteroatoms. The van der Waals surface area contributed by atoms with E-state index in [1.807, 2.05) is 48.5 Å². The van der Waals surface area contributed by atoms with Crippen LogP contribution in [-0.2, 0) is 5.41 Å². The fraction of sp³-hybridized carbons (Fsp3) is 0.273. The van der Waals surface area contributed by atoms with Gasteiger partial charge < -0.3 is 20.9 Å². The van der Waals surface area contributed by atoms with Crippen LogP contribution in [0.15, 0.2) is 97.1 Å². The van der Waals surface area contributed by atoms with Crippen molar-refractivity contribution in [2.75, 3.05) is 11.5 Å². The molecule has 4 N–H and O–H groups in total. The Bertz CT molecular complexity index is 1210. The first-order chi connectivity index (χ1) is 18.1. The van der Waals surface area contributed by atoms with Crippen molar-refractivity contribution in [3.63, 3.8) is 0 Å². The maximum absolute atomic E-state index is 6.08. The fourth-order valence-corrected chi connectivity index (χ4v) is 5.70. The maximum atomic E-state index is 6.08. The largest absolute Gasteiger partial charge is 0.455 e. The Morgan fingerprint density at radius 3 is 1.49 bits per heavy atom. The first kappa shape index (κ1) is 24.8. The van der Waals surface area contributed by atoms with Gasteiger partial charge in [-0.3, -0.25) is 0 Å². The first-order valence-corrected chi connectivity index (χ1v) is 13.3. The van der Waals surface area contributed by atoms with Gasteiger partial charge in [0, 0.05) is 5.41 Å². The molecule has 0 atom stereocenters. The third-order valence-corrected chi connectivity index (χ3v) is 7.76. The highest BCUT2D eigenvalue weighted by Crippen LogP contribution is 2.48. The van der Waals surface area contributed by atoms with Crippen LogP contribution in [0.4, 0.5) is 11.4 Å². The number of rotatable bonds is 8. The average Bonchev–Trinajstić information content (AvgIpc) is 2.93. The lowest BCUT2D eigenvalue weighted by molar-refractivity contribution is 0.253. The number of nitrogens with two attached hydrogens (primary N) is 2. The number of hydrogen-bond donors (Lipinski definition) is 2. The summed E-state index contributed by atoms with van der Waals surface area (Å²) in [7, 11) is 0. The molecule has 5 rings (SSSR count). The van der Waals surface area contributed by atoms with Crippen LogP contribution in [0.2, 0.25) is 0 Å². The van der Waals surface area contributed by atoms with E-state index >= 15 is 0 Å². The fourth-order valence-electron chi connectivity index (χ4n) is 5.70. The molecule has 1 aliphatic rings. The van der Waals surface area contributed by atoms with Crippen LogP contribution in [-0.4, -0.2) is 0 Å². The summed E-state index contributed by atoms with van der Waals surface area (Å²) in [5.41, 5.74) is 16.1. The van der Waals surface area contributed by atoms with Crippen LogP contribution in [0.25, 0.3) is 0 Å². The number of para-hydroxylation sites is 4. The normalized spacial score (nSPS) is 15.3. The van der Waals surface area contributed by atoms with Crippen LogP contribution in [0, 0.1) is 5.92 Å². The minimum Gasteiger partial charge on any atom is -0.455 e. The molecule has 4 nitrogen and oxygen atoms in total. The van der Waals surface area contributed by atoms with Gasteiger partial charge >= 0.3 is 0 Å². The highest BCUT2D eigenvalue weighted by molar-refractivity contribution is 5.55. The van der Waals surface area contributed by atoms with Gasteiger partial charge in [0.15, 0.2) is 0 Å². The lowest BCUT2D eigenvalue weighted by Crippen LogP contribution is -2.33. The zero-order chi connectivity index (χ0) is 25.7. The third kappa shape index (κ3) is 5.43. The summed E-state index contributed by atoms with van der Waals surface area (Å²) >= 11 is 0. The van der Waals surface area contributed by atoms with Gasteiger partial charge in [-0.1, -0.05) is 68.3 Å². The molecule has 0 spiro atoms. The van der Waals surface area contributed by atoms with E-state index in [1.165, 1.54) is 36.8 Å². The molecule has 4 aromatic carbocycles. The minimum atomic E-state index is -0.0289. The van der Waals surface area contributed by atoms with Gasteiger partial charge in [-0.05, 0) is 91.3 Å². The molecule has 0 heterocycles. The SMILES string of the molecule is CCCC1CCC(c2ccc(Oc3ccccc3N)cc2)(c2ccc(Oc3ccccc3N)cc2)CC1. The molecule has 4 aromatic rings. The Hall–Kier alpha value is -3.92. The lowest BCUT2D eigenvalue weighted by Gasteiger charge is -2.41. The molecule has 37 heavy (non-hydrogen) atoms. The van der Waals surface area contributed by atoms with E-state index in [0.717, 1.165) is 30.3 Å². The van der Waals surface area contributed by atoms with Gasteiger partial charge in [0.1, 0.15) is 23.0 Å². The molecular formula is C33H36N2O2. The second kappa shape index (κ2) is 11.0. The van der Waals surface area contributed by atoms with Crippen molar-refractivity contribution < 1.29 is 9.47 Å². The van der Waals surface area contributed by atoms with Crippen molar-refractivity contribution >= 4 is 11.4 Å². The van der Waals surface area contributed by atoms with E-state index in [4.69, 9.17) is 20.9 Å². The predicted octanol–water partition coefficient (Wildman–Crippen LogP) is 8.71. The summed E-state index contributed by atoms with van der Waals surface area (Å²) in [4.78, 5) is 0. The van der Waals surface area contributed by atoms with E-state index < -0.39 is 0 Å². The van der Waals surface area contributed by atoms with Crippen molar-refractivity contribution in [3.05, 3.63) is 108 Å². The van der Waals surface area contributed by atoms with E-state index in [1.54, 1.807) is 0 Å². The Balaban J connectivity index is 1.41. The number of benzene rings is 4. The summed E-state index contributed by atoms with van der Waals surface area (Å²) in [6.07, 6.45) is 7.31.